The maximum atomic E-state index is 12.3. The summed E-state index contributed by atoms with van der Waals surface area (Å²) in [6.45, 7) is 2.21. The van der Waals surface area contributed by atoms with E-state index in [1.165, 1.54) is 0 Å². The van der Waals surface area contributed by atoms with E-state index in [9.17, 15) is 13.2 Å². The van der Waals surface area contributed by atoms with E-state index in [1.807, 2.05) is 0 Å². The Labute approximate surface area is 128 Å². The third-order valence-corrected chi connectivity index (χ3v) is 6.93. The zero-order valence-electron chi connectivity index (χ0n) is 11.1. The number of halogens is 1. The van der Waals surface area contributed by atoms with Gasteiger partial charge in [-0.25, -0.2) is 8.42 Å². The first kappa shape index (κ1) is 15.7. The van der Waals surface area contributed by atoms with Gasteiger partial charge < -0.3 is 4.90 Å². The maximum absolute atomic E-state index is 12.3. The van der Waals surface area contributed by atoms with E-state index in [-0.39, 0.29) is 5.75 Å². The Hall–Kier alpha value is -0.720. The smallest absolute Gasteiger partial charge is 0.171 e. The van der Waals surface area contributed by atoms with Gasteiger partial charge in [0.1, 0.15) is 5.37 Å². The van der Waals surface area contributed by atoms with Gasteiger partial charge in [0.2, 0.25) is 0 Å². The molecule has 1 saturated heterocycles. The van der Waals surface area contributed by atoms with Gasteiger partial charge in [0.05, 0.1) is 10.7 Å². The number of hydrogen-bond donors (Lipinski definition) is 0. The van der Waals surface area contributed by atoms with Crippen LogP contribution in [0.5, 0.6) is 0 Å². The fourth-order valence-electron chi connectivity index (χ4n) is 2.26. The van der Waals surface area contributed by atoms with Crippen molar-refractivity contribution in [3.05, 3.63) is 28.8 Å². The molecule has 1 fully saturated rings. The Morgan fingerprint density at radius 3 is 2.90 bits per heavy atom. The molecule has 0 saturated carbocycles. The second-order valence-corrected chi connectivity index (χ2v) is 8.47. The van der Waals surface area contributed by atoms with E-state index in [0.717, 1.165) is 12.0 Å². The number of rotatable bonds is 4. The monoisotopic (exact) mass is 333 g/mol. The van der Waals surface area contributed by atoms with Gasteiger partial charge >= 0.3 is 0 Å². The lowest BCUT2D eigenvalue weighted by Crippen LogP contribution is -2.48. The molecule has 4 nitrogen and oxygen atoms in total. The zero-order chi connectivity index (χ0) is 14.8. The van der Waals surface area contributed by atoms with Crippen LogP contribution in [0.1, 0.15) is 17.3 Å². The van der Waals surface area contributed by atoms with Crippen LogP contribution in [0.3, 0.4) is 0 Å². The lowest BCUT2D eigenvalue weighted by atomic mass is 10.1. The zero-order valence-corrected chi connectivity index (χ0v) is 13.5. The molecule has 1 heterocycles. The first-order valence-electron chi connectivity index (χ1n) is 6.31. The van der Waals surface area contributed by atoms with Gasteiger partial charge in [-0.3, -0.25) is 4.79 Å². The van der Waals surface area contributed by atoms with Crippen LogP contribution in [0.4, 0.5) is 5.69 Å². The summed E-state index contributed by atoms with van der Waals surface area (Å²) in [5.41, 5.74) is 0.965. The number of carbonyl (C=O) groups excluding carboxylic acids is 1. The number of sulfone groups is 1. The fraction of sp³-hybridized carbons (Fsp3) is 0.462. The molecule has 0 bridgehead atoms. The Bertz CT molecular complexity index is 604. The Balaban J connectivity index is 2.51. The van der Waals surface area contributed by atoms with E-state index in [4.69, 9.17) is 11.6 Å². The van der Waals surface area contributed by atoms with Crippen LogP contribution in [0.25, 0.3) is 0 Å². The normalized spacial score (nSPS) is 19.9. The number of hydrogen-bond acceptors (Lipinski definition) is 5. The van der Waals surface area contributed by atoms with Crippen LogP contribution in [-0.4, -0.2) is 43.9 Å². The Kier molecular flexibility index (Phi) is 4.99. The molecule has 0 amide bonds. The van der Waals surface area contributed by atoms with Gasteiger partial charge in [0.15, 0.2) is 16.1 Å². The summed E-state index contributed by atoms with van der Waals surface area (Å²) in [4.78, 5) is 13.0. The van der Waals surface area contributed by atoms with E-state index >= 15 is 0 Å². The average molecular weight is 334 g/mol. The van der Waals surface area contributed by atoms with E-state index in [1.54, 1.807) is 41.8 Å². The molecule has 1 aliphatic heterocycles. The molecule has 20 heavy (non-hydrogen) atoms. The van der Waals surface area contributed by atoms with Crippen molar-refractivity contribution in [3.8, 4) is 0 Å². The molecule has 1 unspecified atom stereocenters. The second-order valence-electron chi connectivity index (χ2n) is 4.47. The molecule has 1 aromatic rings. The van der Waals surface area contributed by atoms with Gasteiger partial charge in [-0.05, 0) is 12.1 Å². The number of carbonyl (C=O) groups is 1. The third kappa shape index (κ3) is 2.97. The van der Waals surface area contributed by atoms with Crippen molar-refractivity contribution in [2.75, 3.05) is 28.7 Å². The Morgan fingerprint density at radius 1 is 1.50 bits per heavy atom. The van der Waals surface area contributed by atoms with Gasteiger partial charge in [-0.15, -0.1) is 0 Å². The largest absolute Gasteiger partial charge is 0.352 e. The number of thioether (sulfide) groups is 1. The van der Waals surface area contributed by atoms with Gasteiger partial charge in [0.25, 0.3) is 0 Å². The molecular formula is C13H16ClNO3S2. The van der Waals surface area contributed by atoms with Crippen molar-refractivity contribution in [3.63, 3.8) is 0 Å². The highest BCUT2D eigenvalue weighted by Gasteiger charge is 2.34. The van der Waals surface area contributed by atoms with Crippen molar-refractivity contribution >= 4 is 45.2 Å². The van der Waals surface area contributed by atoms with E-state index in [2.05, 4.69) is 0 Å². The molecular weight excluding hydrogens is 318 g/mol. The first-order valence-corrected chi connectivity index (χ1v) is 9.55. The highest BCUT2D eigenvalue weighted by molar-refractivity contribution is 8.01. The minimum Gasteiger partial charge on any atom is -0.352 e. The highest BCUT2D eigenvalue weighted by atomic mass is 35.5. The quantitative estimate of drug-likeness (QED) is 0.792. The molecule has 0 aliphatic carbocycles. The van der Waals surface area contributed by atoms with Crippen molar-refractivity contribution < 1.29 is 13.2 Å². The van der Waals surface area contributed by atoms with E-state index < -0.39 is 15.2 Å². The molecule has 0 aromatic heterocycles. The summed E-state index contributed by atoms with van der Waals surface area (Å²) in [5, 5.41) is -0.206. The minimum atomic E-state index is -3.23. The van der Waals surface area contributed by atoms with Crippen molar-refractivity contribution in [1.82, 2.24) is 0 Å². The average Bonchev–Trinajstić information content (AvgIpc) is 2.47. The van der Waals surface area contributed by atoms with Crippen LogP contribution in [-0.2, 0) is 9.84 Å². The van der Waals surface area contributed by atoms with Crippen LogP contribution in [0, 0.1) is 0 Å². The second kappa shape index (κ2) is 6.37. The number of aldehydes is 1. The lowest BCUT2D eigenvalue weighted by Gasteiger charge is -2.37. The topological polar surface area (TPSA) is 54.5 Å². The molecule has 0 spiro atoms. The molecule has 110 valence electrons. The summed E-state index contributed by atoms with van der Waals surface area (Å²) in [6.07, 6.45) is 0.721. The summed E-state index contributed by atoms with van der Waals surface area (Å²) in [6, 6.07) is 5.03. The fourth-order valence-corrected chi connectivity index (χ4v) is 5.52. The molecule has 1 aromatic carbocycles. The van der Waals surface area contributed by atoms with Crippen molar-refractivity contribution in [2.45, 2.75) is 12.3 Å². The Morgan fingerprint density at radius 2 is 2.25 bits per heavy atom. The lowest BCUT2D eigenvalue weighted by molar-refractivity contribution is 0.112. The van der Waals surface area contributed by atoms with Crippen LogP contribution in [0.2, 0.25) is 5.02 Å². The molecule has 1 aliphatic rings. The predicted molar refractivity (Wildman–Crippen MR) is 84.8 cm³/mol. The van der Waals surface area contributed by atoms with Crippen molar-refractivity contribution in [1.29, 1.82) is 0 Å². The minimum absolute atomic E-state index is 0.0790. The number of anilines is 1. The molecule has 1 atom stereocenters. The summed E-state index contributed by atoms with van der Waals surface area (Å²) in [5.74, 6) is 1.40. The number of benzene rings is 1. The number of para-hydroxylation sites is 1. The molecule has 2 rings (SSSR count). The SMILES string of the molecule is CCS(=O)(=O)C1CSCCN1c1c(Cl)cccc1C=O. The highest BCUT2D eigenvalue weighted by Crippen LogP contribution is 2.34. The first-order chi connectivity index (χ1) is 9.51. The molecule has 7 heteroatoms. The number of nitrogens with zero attached hydrogens (tertiary/aromatic N) is 1. The van der Waals surface area contributed by atoms with Crippen LogP contribution >= 0.6 is 23.4 Å². The van der Waals surface area contributed by atoms with Crippen LogP contribution < -0.4 is 4.90 Å². The van der Waals surface area contributed by atoms with E-state index in [0.29, 0.717) is 28.6 Å². The summed E-state index contributed by atoms with van der Waals surface area (Å²) in [7, 11) is -3.23. The van der Waals surface area contributed by atoms with Crippen molar-refractivity contribution in [2.24, 2.45) is 0 Å². The summed E-state index contributed by atoms with van der Waals surface area (Å²) >= 11 is 7.81. The molecule has 0 radical (unpaired) electrons. The van der Waals surface area contributed by atoms with Gasteiger partial charge in [-0.1, -0.05) is 24.6 Å². The predicted octanol–water partition coefficient (Wildman–Crippen LogP) is 2.47. The third-order valence-electron chi connectivity index (χ3n) is 3.33. The van der Waals surface area contributed by atoms with Crippen LogP contribution in [0.15, 0.2) is 18.2 Å². The summed E-state index contributed by atoms with van der Waals surface area (Å²) < 4.78 is 24.5. The maximum Gasteiger partial charge on any atom is 0.171 e. The van der Waals surface area contributed by atoms with Gasteiger partial charge in [-0.2, -0.15) is 11.8 Å². The molecule has 0 N–H and O–H groups in total. The standard InChI is InChI=1S/C13H16ClNO3S2/c1-2-20(17,18)12-9-19-7-6-15(12)13-10(8-16)4-3-5-11(13)14/h3-5,8,12H,2,6-7,9H2,1H3. The van der Waals surface area contributed by atoms with Gasteiger partial charge in [0, 0.05) is 29.4 Å².